The number of rotatable bonds is 3. The van der Waals surface area contributed by atoms with Crippen LogP contribution in [0.3, 0.4) is 0 Å². The van der Waals surface area contributed by atoms with Crippen molar-refractivity contribution in [3.63, 3.8) is 0 Å². The molecule has 96 valence electrons. The Morgan fingerprint density at radius 2 is 2.18 bits per heavy atom. The summed E-state index contributed by atoms with van der Waals surface area (Å²) in [6, 6.07) is 2.61. The third kappa shape index (κ3) is 3.73. The van der Waals surface area contributed by atoms with E-state index in [1.807, 2.05) is 23.1 Å². The van der Waals surface area contributed by atoms with Gasteiger partial charge in [-0.3, -0.25) is 0 Å². The Hall–Kier alpha value is 0.01000. The summed E-state index contributed by atoms with van der Waals surface area (Å²) in [6.07, 6.45) is 3.55. The first-order valence-corrected chi connectivity index (χ1v) is 8.38. The van der Waals surface area contributed by atoms with E-state index in [1.165, 1.54) is 29.2 Å². The second-order valence-electron chi connectivity index (χ2n) is 6.11. The van der Waals surface area contributed by atoms with E-state index in [-0.39, 0.29) is 6.04 Å². The number of nitrogens with two attached hydrogens (primary N) is 1. The van der Waals surface area contributed by atoms with Gasteiger partial charge in [0.05, 0.1) is 0 Å². The first-order valence-electron chi connectivity index (χ1n) is 6.40. The van der Waals surface area contributed by atoms with Gasteiger partial charge in [0.25, 0.3) is 0 Å². The second-order valence-corrected chi connectivity index (χ2v) is 8.38. The zero-order valence-electron chi connectivity index (χ0n) is 11.1. The zero-order valence-corrected chi connectivity index (χ0v) is 12.7. The van der Waals surface area contributed by atoms with Gasteiger partial charge < -0.3 is 5.73 Å². The monoisotopic (exact) mass is 269 g/mol. The molecule has 1 aliphatic rings. The Labute approximate surface area is 113 Å². The fraction of sp³-hybridized carbons (Fsp3) is 0.714. The average molecular weight is 269 g/mol. The molecule has 0 saturated carbocycles. The van der Waals surface area contributed by atoms with Gasteiger partial charge in [-0.15, -0.1) is 11.3 Å². The van der Waals surface area contributed by atoms with Gasteiger partial charge in [-0.2, -0.15) is 11.8 Å². The largest absolute Gasteiger partial charge is 0.323 e. The lowest BCUT2D eigenvalue weighted by Crippen LogP contribution is -2.13. The highest BCUT2D eigenvalue weighted by Crippen LogP contribution is 2.36. The number of hydrogen-bond donors (Lipinski definition) is 1. The van der Waals surface area contributed by atoms with Crippen LogP contribution in [0.4, 0.5) is 0 Å². The van der Waals surface area contributed by atoms with Crippen LogP contribution in [0.2, 0.25) is 0 Å². The van der Waals surface area contributed by atoms with E-state index in [4.69, 9.17) is 5.73 Å². The van der Waals surface area contributed by atoms with E-state index in [9.17, 15) is 0 Å². The molecule has 0 aromatic carbocycles. The van der Waals surface area contributed by atoms with Gasteiger partial charge >= 0.3 is 0 Å². The summed E-state index contributed by atoms with van der Waals surface area (Å²) in [5.41, 5.74) is 8.26. The Bertz CT molecular complexity index is 353. The molecular weight excluding hydrogens is 246 g/mol. The maximum absolute atomic E-state index is 6.32. The summed E-state index contributed by atoms with van der Waals surface area (Å²) >= 11 is 4.00. The summed E-state index contributed by atoms with van der Waals surface area (Å²) < 4.78 is 0. The molecule has 0 aliphatic carbocycles. The number of thioether (sulfide) groups is 1. The molecule has 2 rings (SSSR count). The van der Waals surface area contributed by atoms with Crippen LogP contribution >= 0.6 is 23.1 Å². The standard InChI is InChI=1S/C14H23NS2/c1-14(2,3)6-4-11(15)13-8-10-9-16-7-5-12(10)17-13/h8,11H,4-7,9,15H2,1-3H3. The summed E-state index contributed by atoms with van der Waals surface area (Å²) in [4.78, 5) is 2.99. The van der Waals surface area contributed by atoms with E-state index in [0.717, 1.165) is 6.42 Å². The average Bonchev–Trinajstić information content (AvgIpc) is 2.68. The van der Waals surface area contributed by atoms with Crippen molar-refractivity contribution >= 4 is 23.1 Å². The van der Waals surface area contributed by atoms with Crippen LogP contribution in [0, 0.1) is 5.41 Å². The lowest BCUT2D eigenvalue weighted by Gasteiger charge is -2.20. The fourth-order valence-corrected chi connectivity index (χ4v) is 4.50. The molecule has 0 radical (unpaired) electrons. The summed E-state index contributed by atoms with van der Waals surface area (Å²) in [5.74, 6) is 2.47. The molecule has 0 amide bonds. The van der Waals surface area contributed by atoms with Gasteiger partial charge in [0, 0.05) is 21.5 Å². The highest BCUT2D eigenvalue weighted by molar-refractivity contribution is 7.98. The van der Waals surface area contributed by atoms with E-state index >= 15 is 0 Å². The van der Waals surface area contributed by atoms with Gasteiger partial charge in [0.1, 0.15) is 0 Å². The summed E-state index contributed by atoms with van der Waals surface area (Å²) in [7, 11) is 0. The SMILES string of the molecule is CC(C)(C)CCC(N)c1cc2c(s1)CCSC2. The minimum absolute atomic E-state index is 0.245. The minimum Gasteiger partial charge on any atom is -0.323 e. The van der Waals surface area contributed by atoms with Gasteiger partial charge in [-0.1, -0.05) is 20.8 Å². The van der Waals surface area contributed by atoms with Gasteiger partial charge in [-0.25, -0.2) is 0 Å². The Morgan fingerprint density at radius 1 is 1.41 bits per heavy atom. The molecule has 0 bridgehead atoms. The molecule has 1 atom stereocenters. The summed E-state index contributed by atoms with van der Waals surface area (Å²) in [6.45, 7) is 6.86. The molecule has 1 unspecified atom stereocenters. The third-order valence-corrected chi connectivity index (χ3v) is 5.59. The molecule has 1 nitrogen and oxygen atoms in total. The van der Waals surface area contributed by atoms with Gasteiger partial charge in [0.2, 0.25) is 0 Å². The number of thiophene rings is 1. The van der Waals surface area contributed by atoms with Crippen molar-refractivity contribution in [3.05, 3.63) is 21.4 Å². The molecule has 0 spiro atoms. The van der Waals surface area contributed by atoms with Crippen LogP contribution in [-0.2, 0) is 12.2 Å². The quantitative estimate of drug-likeness (QED) is 0.882. The molecule has 3 heteroatoms. The first-order chi connectivity index (χ1) is 7.96. The maximum atomic E-state index is 6.32. The number of aryl methyl sites for hydroxylation is 1. The van der Waals surface area contributed by atoms with Crippen molar-refractivity contribution in [1.82, 2.24) is 0 Å². The van der Waals surface area contributed by atoms with Crippen LogP contribution in [0.15, 0.2) is 6.07 Å². The highest BCUT2D eigenvalue weighted by atomic mass is 32.2. The van der Waals surface area contributed by atoms with Crippen LogP contribution in [0.1, 0.15) is 55.0 Å². The van der Waals surface area contributed by atoms with Crippen LogP contribution in [0.5, 0.6) is 0 Å². The van der Waals surface area contributed by atoms with E-state index in [0.29, 0.717) is 5.41 Å². The fourth-order valence-electron chi connectivity index (χ4n) is 2.08. The second kappa shape index (κ2) is 5.33. The number of fused-ring (bicyclic) bond motifs is 1. The molecule has 0 saturated heterocycles. The maximum Gasteiger partial charge on any atom is 0.0390 e. The van der Waals surface area contributed by atoms with Crippen molar-refractivity contribution in [2.45, 2.75) is 51.8 Å². The van der Waals surface area contributed by atoms with E-state index in [2.05, 4.69) is 26.8 Å². The minimum atomic E-state index is 0.245. The molecular formula is C14H23NS2. The van der Waals surface area contributed by atoms with Crippen LogP contribution in [0.25, 0.3) is 0 Å². The van der Waals surface area contributed by atoms with Crippen molar-refractivity contribution < 1.29 is 0 Å². The lowest BCUT2D eigenvalue weighted by atomic mass is 9.88. The topological polar surface area (TPSA) is 26.0 Å². The highest BCUT2D eigenvalue weighted by Gasteiger charge is 2.19. The predicted octanol–water partition coefficient (Wildman–Crippen LogP) is 4.36. The molecule has 1 aromatic heterocycles. The number of hydrogen-bond acceptors (Lipinski definition) is 3. The Kier molecular flexibility index (Phi) is 4.22. The molecule has 17 heavy (non-hydrogen) atoms. The van der Waals surface area contributed by atoms with Crippen LogP contribution in [-0.4, -0.2) is 5.75 Å². The van der Waals surface area contributed by atoms with Crippen molar-refractivity contribution in [2.75, 3.05) is 5.75 Å². The smallest absolute Gasteiger partial charge is 0.0390 e. The Morgan fingerprint density at radius 3 is 2.82 bits per heavy atom. The van der Waals surface area contributed by atoms with Gasteiger partial charge in [-0.05, 0) is 42.1 Å². The lowest BCUT2D eigenvalue weighted by molar-refractivity contribution is 0.351. The zero-order chi connectivity index (χ0) is 12.5. The predicted molar refractivity (Wildman–Crippen MR) is 79.8 cm³/mol. The van der Waals surface area contributed by atoms with Crippen molar-refractivity contribution in [2.24, 2.45) is 11.1 Å². The molecule has 1 aliphatic heterocycles. The van der Waals surface area contributed by atoms with Crippen LogP contribution < -0.4 is 5.73 Å². The normalized spacial score (nSPS) is 17.9. The molecule has 0 fully saturated rings. The first kappa shape index (κ1) is 13.4. The molecule has 2 heterocycles. The van der Waals surface area contributed by atoms with E-state index in [1.54, 1.807) is 10.4 Å². The molecule has 1 aromatic rings. The van der Waals surface area contributed by atoms with Crippen molar-refractivity contribution in [3.8, 4) is 0 Å². The molecule has 2 N–H and O–H groups in total. The van der Waals surface area contributed by atoms with E-state index < -0.39 is 0 Å². The third-order valence-electron chi connectivity index (χ3n) is 3.22. The Balaban J connectivity index is 1.99. The van der Waals surface area contributed by atoms with Crippen molar-refractivity contribution in [1.29, 1.82) is 0 Å². The summed E-state index contributed by atoms with van der Waals surface area (Å²) in [5, 5.41) is 0. The van der Waals surface area contributed by atoms with Gasteiger partial charge in [0.15, 0.2) is 0 Å².